The topological polar surface area (TPSA) is 101 Å². The number of aromatic carboxylic acids is 1. The first-order valence-electron chi connectivity index (χ1n) is 8.54. The van der Waals surface area contributed by atoms with Crippen LogP contribution in [0.5, 0.6) is 5.75 Å². The maximum atomic E-state index is 11.0. The first-order valence-corrected chi connectivity index (χ1v) is 8.54. The van der Waals surface area contributed by atoms with Crippen molar-refractivity contribution >= 4 is 5.97 Å². The first-order chi connectivity index (χ1) is 13.5. The summed E-state index contributed by atoms with van der Waals surface area (Å²) in [6, 6.07) is 15.4. The zero-order valence-electron chi connectivity index (χ0n) is 14.9. The van der Waals surface area contributed by atoms with Gasteiger partial charge in [0.15, 0.2) is 0 Å². The molecule has 0 amide bonds. The highest BCUT2D eigenvalue weighted by Crippen LogP contribution is 2.29. The average molecular weight is 372 g/mol. The number of carbonyl (C=O) groups is 1. The Morgan fingerprint density at radius 2 is 1.79 bits per heavy atom. The second kappa shape index (κ2) is 6.96. The number of nitrogens with zero attached hydrogens (tertiary/aromatic N) is 4. The molecule has 2 aromatic carbocycles. The Kier molecular flexibility index (Phi) is 4.33. The third-order valence-electron chi connectivity index (χ3n) is 4.43. The van der Waals surface area contributed by atoms with E-state index >= 15 is 0 Å². The zero-order valence-corrected chi connectivity index (χ0v) is 14.9. The van der Waals surface area contributed by atoms with Gasteiger partial charge in [-0.1, -0.05) is 29.5 Å². The number of aromatic hydroxyl groups is 1. The van der Waals surface area contributed by atoms with Gasteiger partial charge in [-0.25, -0.2) is 9.48 Å². The quantitative estimate of drug-likeness (QED) is 0.566. The van der Waals surface area contributed by atoms with Crippen LogP contribution in [-0.2, 0) is 0 Å². The Morgan fingerprint density at radius 1 is 1.04 bits per heavy atom. The number of aryl methyl sites for hydroxylation is 1. The van der Waals surface area contributed by atoms with Gasteiger partial charge in [0.1, 0.15) is 11.4 Å². The summed E-state index contributed by atoms with van der Waals surface area (Å²) in [6.07, 6.45) is 3.45. The maximum absolute atomic E-state index is 11.0. The van der Waals surface area contributed by atoms with E-state index in [9.17, 15) is 9.90 Å². The van der Waals surface area contributed by atoms with Gasteiger partial charge in [-0.2, -0.15) is 0 Å². The van der Waals surface area contributed by atoms with Crippen molar-refractivity contribution in [2.24, 2.45) is 0 Å². The number of para-hydroxylation sites is 1. The van der Waals surface area contributed by atoms with E-state index < -0.39 is 5.97 Å². The Balaban J connectivity index is 1.65. The number of benzene rings is 2. The van der Waals surface area contributed by atoms with Crippen molar-refractivity contribution in [3.8, 4) is 34.0 Å². The highest BCUT2D eigenvalue weighted by atomic mass is 16.4. The van der Waals surface area contributed by atoms with Crippen LogP contribution >= 0.6 is 0 Å². The van der Waals surface area contributed by atoms with E-state index in [1.54, 1.807) is 41.3 Å². The molecular formula is C21H16N4O3. The SMILES string of the molecule is Cc1cc(-c2ccccc2O)ncc1-n1cc(-c2ccc(C(=O)O)cc2)nn1. The van der Waals surface area contributed by atoms with E-state index in [0.717, 1.165) is 16.8 Å². The molecule has 0 saturated heterocycles. The minimum atomic E-state index is -0.971. The van der Waals surface area contributed by atoms with Crippen molar-refractivity contribution < 1.29 is 15.0 Å². The van der Waals surface area contributed by atoms with Gasteiger partial charge in [0.05, 0.1) is 29.3 Å². The van der Waals surface area contributed by atoms with E-state index in [2.05, 4.69) is 15.3 Å². The van der Waals surface area contributed by atoms with Crippen LogP contribution < -0.4 is 0 Å². The number of carboxylic acids is 1. The van der Waals surface area contributed by atoms with Gasteiger partial charge in [0, 0.05) is 11.1 Å². The molecule has 28 heavy (non-hydrogen) atoms. The van der Waals surface area contributed by atoms with Gasteiger partial charge in [-0.15, -0.1) is 5.10 Å². The van der Waals surface area contributed by atoms with Crippen LogP contribution in [0, 0.1) is 6.92 Å². The van der Waals surface area contributed by atoms with Gasteiger partial charge >= 0.3 is 5.97 Å². The number of hydrogen-bond acceptors (Lipinski definition) is 5. The number of phenols is 1. The molecule has 4 rings (SSSR count). The molecule has 0 aliphatic rings. The van der Waals surface area contributed by atoms with Crippen molar-refractivity contribution in [2.75, 3.05) is 0 Å². The smallest absolute Gasteiger partial charge is 0.335 e. The van der Waals surface area contributed by atoms with Crippen molar-refractivity contribution in [1.82, 2.24) is 20.0 Å². The van der Waals surface area contributed by atoms with Crippen LogP contribution in [0.1, 0.15) is 15.9 Å². The van der Waals surface area contributed by atoms with E-state index in [1.807, 2.05) is 25.1 Å². The van der Waals surface area contributed by atoms with Crippen molar-refractivity contribution in [1.29, 1.82) is 0 Å². The molecular weight excluding hydrogens is 356 g/mol. The highest BCUT2D eigenvalue weighted by Gasteiger charge is 2.11. The summed E-state index contributed by atoms with van der Waals surface area (Å²) in [7, 11) is 0. The molecule has 0 atom stereocenters. The lowest BCUT2D eigenvalue weighted by Crippen LogP contribution is -2.00. The summed E-state index contributed by atoms with van der Waals surface area (Å²) in [5, 5.41) is 27.3. The Morgan fingerprint density at radius 3 is 2.46 bits per heavy atom. The molecule has 0 aliphatic carbocycles. The fourth-order valence-corrected chi connectivity index (χ4v) is 2.92. The Labute approximate surface area is 160 Å². The second-order valence-electron chi connectivity index (χ2n) is 6.30. The fourth-order valence-electron chi connectivity index (χ4n) is 2.92. The summed E-state index contributed by atoms with van der Waals surface area (Å²) >= 11 is 0. The molecule has 0 spiro atoms. The number of hydrogen-bond donors (Lipinski definition) is 2. The van der Waals surface area contributed by atoms with Crippen LogP contribution in [0.25, 0.3) is 28.2 Å². The number of rotatable bonds is 4. The van der Waals surface area contributed by atoms with E-state index in [0.29, 0.717) is 17.0 Å². The molecule has 0 radical (unpaired) electrons. The monoisotopic (exact) mass is 372 g/mol. The molecule has 4 aromatic rings. The molecule has 138 valence electrons. The van der Waals surface area contributed by atoms with Crippen molar-refractivity contribution in [2.45, 2.75) is 6.92 Å². The molecule has 0 unspecified atom stereocenters. The van der Waals surface area contributed by atoms with Crippen molar-refractivity contribution in [3.63, 3.8) is 0 Å². The molecule has 0 bridgehead atoms. The van der Waals surface area contributed by atoms with E-state index in [4.69, 9.17) is 5.11 Å². The largest absolute Gasteiger partial charge is 0.507 e. The summed E-state index contributed by atoms with van der Waals surface area (Å²) in [4.78, 5) is 15.4. The first kappa shape index (κ1) is 17.4. The predicted molar refractivity (Wildman–Crippen MR) is 103 cm³/mol. The molecule has 2 N–H and O–H groups in total. The van der Waals surface area contributed by atoms with Crippen LogP contribution in [0.15, 0.2) is 67.0 Å². The molecule has 2 heterocycles. The summed E-state index contributed by atoms with van der Waals surface area (Å²) in [6.45, 7) is 1.93. The summed E-state index contributed by atoms with van der Waals surface area (Å²) < 4.78 is 1.62. The minimum Gasteiger partial charge on any atom is -0.507 e. The lowest BCUT2D eigenvalue weighted by atomic mass is 10.1. The van der Waals surface area contributed by atoms with Crippen LogP contribution in [0.4, 0.5) is 0 Å². The fraction of sp³-hybridized carbons (Fsp3) is 0.0476. The van der Waals surface area contributed by atoms with Gasteiger partial charge in [-0.05, 0) is 42.8 Å². The summed E-state index contributed by atoms with van der Waals surface area (Å²) in [5.41, 5.74) is 4.63. The van der Waals surface area contributed by atoms with E-state index in [1.165, 1.54) is 12.1 Å². The Hall–Kier alpha value is -4.00. The third kappa shape index (κ3) is 3.21. The third-order valence-corrected chi connectivity index (χ3v) is 4.43. The lowest BCUT2D eigenvalue weighted by molar-refractivity contribution is 0.0697. The predicted octanol–water partition coefficient (Wildman–Crippen LogP) is 3.71. The molecule has 0 saturated carbocycles. The molecule has 7 heteroatoms. The number of carboxylic acid groups (broad SMARTS) is 1. The normalized spacial score (nSPS) is 10.8. The summed E-state index contributed by atoms with van der Waals surface area (Å²) in [5.74, 6) is -0.795. The lowest BCUT2D eigenvalue weighted by Gasteiger charge is -2.08. The van der Waals surface area contributed by atoms with Crippen LogP contribution in [0.3, 0.4) is 0 Å². The number of aromatic nitrogens is 4. The molecule has 0 aliphatic heterocycles. The standard InChI is InChI=1S/C21H16N4O3/c1-13-10-17(16-4-2-3-5-20(16)26)22-11-19(13)25-12-18(23-24-25)14-6-8-15(9-7-14)21(27)28/h2-12,26H,1H3,(H,27,28). The minimum absolute atomic E-state index is 0.176. The maximum Gasteiger partial charge on any atom is 0.335 e. The molecule has 0 fully saturated rings. The van der Waals surface area contributed by atoms with Crippen LogP contribution in [-0.4, -0.2) is 36.2 Å². The van der Waals surface area contributed by atoms with Crippen molar-refractivity contribution in [3.05, 3.63) is 78.1 Å². The van der Waals surface area contributed by atoms with E-state index in [-0.39, 0.29) is 11.3 Å². The number of pyridine rings is 1. The average Bonchev–Trinajstić information content (AvgIpc) is 3.18. The van der Waals surface area contributed by atoms with Crippen LogP contribution in [0.2, 0.25) is 0 Å². The van der Waals surface area contributed by atoms with Gasteiger partial charge in [-0.3, -0.25) is 4.98 Å². The van der Waals surface area contributed by atoms with Gasteiger partial charge in [0.25, 0.3) is 0 Å². The van der Waals surface area contributed by atoms with Gasteiger partial charge < -0.3 is 10.2 Å². The zero-order chi connectivity index (χ0) is 19.7. The molecule has 7 nitrogen and oxygen atoms in total. The second-order valence-corrected chi connectivity index (χ2v) is 6.30. The highest BCUT2D eigenvalue weighted by molar-refractivity contribution is 5.88. The van der Waals surface area contributed by atoms with Gasteiger partial charge in [0.2, 0.25) is 0 Å². The number of phenolic OH excluding ortho intramolecular Hbond substituents is 1. The Bertz CT molecular complexity index is 1170. The molecule has 2 aromatic heterocycles.